The first-order valence-electron chi connectivity index (χ1n) is 6.04. The molecule has 1 heterocycles. The van der Waals surface area contributed by atoms with Gasteiger partial charge in [0.2, 0.25) is 10.0 Å². The number of halogens is 1. The van der Waals surface area contributed by atoms with Crippen LogP contribution in [0.3, 0.4) is 0 Å². The van der Waals surface area contributed by atoms with E-state index in [-0.39, 0.29) is 22.0 Å². The van der Waals surface area contributed by atoms with Crippen molar-refractivity contribution in [1.29, 1.82) is 0 Å². The third-order valence-corrected chi connectivity index (χ3v) is 5.00. The van der Waals surface area contributed by atoms with E-state index in [1.165, 1.54) is 38.7 Å². The van der Waals surface area contributed by atoms with Crippen molar-refractivity contribution in [3.05, 3.63) is 40.9 Å². The van der Waals surface area contributed by atoms with Crippen LogP contribution < -0.4 is 0 Å². The molecule has 0 bridgehead atoms. The number of esters is 1. The summed E-state index contributed by atoms with van der Waals surface area (Å²) in [6, 6.07) is 3.81. The lowest BCUT2D eigenvalue weighted by atomic mass is 10.2. The van der Waals surface area contributed by atoms with Crippen LogP contribution in [-0.2, 0) is 21.3 Å². The molecule has 1 aromatic carbocycles. The second-order valence-electron chi connectivity index (χ2n) is 4.33. The van der Waals surface area contributed by atoms with Crippen molar-refractivity contribution in [3.8, 4) is 0 Å². The van der Waals surface area contributed by atoms with Crippen molar-refractivity contribution in [2.45, 2.75) is 11.4 Å². The van der Waals surface area contributed by atoms with E-state index in [0.717, 1.165) is 4.31 Å². The first kappa shape index (κ1) is 16.4. The number of carbonyl (C=O) groups excluding carboxylic acids is 1. The van der Waals surface area contributed by atoms with Gasteiger partial charge in [-0.05, 0) is 18.2 Å². The van der Waals surface area contributed by atoms with Gasteiger partial charge in [-0.25, -0.2) is 18.2 Å². The standard InChI is InChI=1S/C12H13ClN4O4S/c1-17(6-11-14-7-15-16-11)22(19,20)8-3-4-9(10(13)5-8)12(18)21-2/h3-5,7H,6H2,1-2H3,(H,14,15,16). The summed E-state index contributed by atoms with van der Waals surface area (Å²) in [5.74, 6) is -0.229. The highest BCUT2D eigenvalue weighted by Crippen LogP contribution is 2.23. The largest absolute Gasteiger partial charge is 0.465 e. The fourth-order valence-electron chi connectivity index (χ4n) is 1.71. The minimum Gasteiger partial charge on any atom is -0.465 e. The first-order valence-corrected chi connectivity index (χ1v) is 7.86. The number of rotatable bonds is 5. The molecule has 8 nitrogen and oxygen atoms in total. The van der Waals surface area contributed by atoms with Gasteiger partial charge in [0.15, 0.2) is 0 Å². The smallest absolute Gasteiger partial charge is 0.339 e. The molecule has 0 atom stereocenters. The Morgan fingerprint density at radius 2 is 2.18 bits per heavy atom. The van der Waals surface area contributed by atoms with Crippen molar-refractivity contribution in [2.75, 3.05) is 14.2 Å². The van der Waals surface area contributed by atoms with E-state index < -0.39 is 16.0 Å². The van der Waals surface area contributed by atoms with E-state index in [4.69, 9.17) is 11.6 Å². The molecule has 118 valence electrons. The Balaban J connectivity index is 2.29. The van der Waals surface area contributed by atoms with Crippen molar-refractivity contribution in [1.82, 2.24) is 19.5 Å². The van der Waals surface area contributed by atoms with E-state index in [9.17, 15) is 13.2 Å². The molecule has 0 unspecified atom stereocenters. The van der Waals surface area contributed by atoms with E-state index in [1.807, 2.05) is 0 Å². The summed E-state index contributed by atoms with van der Waals surface area (Å²) in [7, 11) is -1.16. The van der Waals surface area contributed by atoms with Crippen molar-refractivity contribution in [2.24, 2.45) is 0 Å². The maximum absolute atomic E-state index is 12.5. The molecule has 1 aromatic heterocycles. The Morgan fingerprint density at radius 3 is 2.73 bits per heavy atom. The third-order valence-electron chi connectivity index (χ3n) is 2.89. The van der Waals surface area contributed by atoms with Crippen LogP contribution in [0.2, 0.25) is 5.02 Å². The van der Waals surface area contributed by atoms with Gasteiger partial charge in [-0.1, -0.05) is 11.6 Å². The lowest BCUT2D eigenvalue weighted by Gasteiger charge is -2.16. The second-order valence-corrected chi connectivity index (χ2v) is 6.78. The molecule has 0 saturated carbocycles. The molecule has 0 fully saturated rings. The lowest BCUT2D eigenvalue weighted by molar-refractivity contribution is 0.0601. The number of carbonyl (C=O) groups is 1. The highest BCUT2D eigenvalue weighted by atomic mass is 35.5. The maximum Gasteiger partial charge on any atom is 0.339 e. The molecule has 0 radical (unpaired) electrons. The molecule has 0 aliphatic carbocycles. The van der Waals surface area contributed by atoms with Gasteiger partial charge in [0.1, 0.15) is 12.2 Å². The molecular weight excluding hydrogens is 332 g/mol. The summed E-state index contributed by atoms with van der Waals surface area (Å²) < 4.78 is 30.6. The average Bonchev–Trinajstić information content (AvgIpc) is 2.99. The normalized spacial score (nSPS) is 11.6. The molecule has 0 spiro atoms. The van der Waals surface area contributed by atoms with Gasteiger partial charge in [-0.2, -0.15) is 9.40 Å². The molecule has 0 saturated heterocycles. The van der Waals surface area contributed by atoms with Crippen LogP contribution >= 0.6 is 11.6 Å². The molecule has 22 heavy (non-hydrogen) atoms. The number of ether oxygens (including phenoxy) is 1. The zero-order valence-electron chi connectivity index (χ0n) is 11.8. The van der Waals surface area contributed by atoms with Gasteiger partial charge in [0.25, 0.3) is 0 Å². The van der Waals surface area contributed by atoms with Crippen molar-refractivity contribution < 1.29 is 17.9 Å². The fraction of sp³-hybridized carbons (Fsp3) is 0.250. The number of nitrogens with zero attached hydrogens (tertiary/aromatic N) is 3. The average molecular weight is 345 g/mol. The van der Waals surface area contributed by atoms with Gasteiger partial charge < -0.3 is 4.74 Å². The van der Waals surface area contributed by atoms with Crippen LogP contribution in [0.25, 0.3) is 0 Å². The highest BCUT2D eigenvalue weighted by Gasteiger charge is 2.23. The molecule has 1 N–H and O–H groups in total. The summed E-state index contributed by atoms with van der Waals surface area (Å²) in [6.45, 7) is 0.0265. The predicted molar refractivity (Wildman–Crippen MR) is 77.8 cm³/mol. The SMILES string of the molecule is COC(=O)c1ccc(S(=O)(=O)N(C)Cc2ncn[nH]2)cc1Cl. The maximum atomic E-state index is 12.5. The van der Waals surface area contributed by atoms with Crippen LogP contribution in [0.4, 0.5) is 0 Å². The van der Waals surface area contributed by atoms with Gasteiger partial charge in [0, 0.05) is 7.05 Å². The monoisotopic (exact) mass is 344 g/mol. The zero-order chi connectivity index (χ0) is 16.3. The lowest BCUT2D eigenvalue weighted by Crippen LogP contribution is -2.27. The molecule has 0 aliphatic heterocycles. The van der Waals surface area contributed by atoms with Crippen LogP contribution in [0.15, 0.2) is 29.4 Å². The van der Waals surface area contributed by atoms with E-state index >= 15 is 0 Å². The zero-order valence-corrected chi connectivity index (χ0v) is 13.3. The van der Waals surface area contributed by atoms with Crippen molar-refractivity contribution in [3.63, 3.8) is 0 Å². The van der Waals surface area contributed by atoms with Crippen LogP contribution in [0, 0.1) is 0 Å². The molecule has 10 heteroatoms. The number of methoxy groups -OCH3 is 1. The van der Waals surface area contributed by atoms with Crippen LogP contribution in [0.1, 0.15) is 16.2 Å². The minimum absolute atomic E-state index is 0.000917. The number of benzene rings is 1. The Hall–Kier alpha value is -1.97. The van der Waals surface area contributed by atoms with Crippen molar-refractivity contribution >= 4 is 27.6 Å². The van der Waals surface area contributed by atoms with Gasteiger partial charge in [-0.15, -0.1) is 0 Å². The number of nitrogens with one attached hydrogen (secondary N) is 1. The van der Waals surface area contributed by atoms with E-state index in [0.29, 0.717) is 5.82 Å². The Bertz CT molecular complexity index is 776. The second kappa shape index (κ2) is 6.42. The number of aromatic amines is 1. The van der Waals surface area contributed by atoms with E-state index in [1.54, 1.807) is 0 Å². The summed E-state index contributed by atoms with van der Waals surface area (Å²) >= 11 is 5.94. The minimum atomic E-state index is -3.78. The highest BCUT2D eigenvalue weighted by molar-refractivity contribution is 7.89. The molecular formula is C12H13ClN4O4S. The van der Waals surface area contributed by atoms with Gasteiger partial charge in [0.05, 0.1) is 29.1 Å². The molecule has 0 aliphatic rings. The fourth-order valence-corrected chi connectivity index (χ4v) is 3.20. The molecule has 2 aromatic rings. The van der Waals surface area contributed by atoms with Crippen LogP contribution in [-0.4, -0.2) is 48.0 Å². The summed E-state index contributed by atoms with van der Waals surface area (Å²) in [5.41, 5.74) is 0.0982. The van der Waals surface area contributed by atoms with Crippen LogP contribution in [0.5, 0.6) is 0 Å². The van der Waals surface area contributed by atoms with Gasteiger partial charge >= 0.3 is 5.97 Å². The summed E-state index contributed by atoms with van der Waals surface area (Å²) in [6.07, 6.45) is 1.29. The number of aromatic nitrogens is 3. The summed E-state index contributed by atoms with van der Waals surface area (Å²) in [4.78, 5) is 15.3. The number of H-pyrrole nitrogens is 1. The molecule has 0 amide bonds. The topological polar surface area (TPSA) is 105 Å². The predicted octanol–water partition coefficient (Wildman–Crippen LogP) is 1.07. The Morgan fingerprint density at radius 1 is 1.45 bits per heavy atom. The number of hydrogen-bond donors (Lipinski definition) is 1. The summed E-state index contributed by atoms with van der Waals surface area (Å²) in [5, 5.41) is 6.24. The Labute approximate surface area is 132 Å². The molecule has 2 rings (SSSR count). The van der Waals surface area contributed by atoms with Gasteiger partial charge in [-0.3, -0.25) is 5.10 Å². The van der Waals surface area contributed by atoms with E-state index in [2.05, 4.69) is 19.9 Å². The Kier molecular flexibility index (Phi) is 4.79. The number of sulfonamides is 1. The first-order chi connectivity index (χ1) is 10.4. The quantitative estimate of drug-likeness (QED) is 0.813. The third kappa shape index (κ3) is 3.26. The number of hydrogen-bond acceptors (Lipinski definition) is 6.